The lowest BCUT2D eigenvalue weighted by Gasteiger charge is -2.43. The maximum atomic E-state index is 14.0. The number of imide groups is 1. The van der Waals surface area contributed by atoms with Crippen LogP contribution in [0.15, 0.2) is 101 Å². The molecule has 2 saturated carbocycles. The maximum absolute atomic E-state index is 14.0. The van der Waals surface area contributed by atoms with Gasteiger partial charge in [0.2, 0.25) is 11.8 Å². The number of thioether (sulfide) groups is 1. The molecule has 48 heavy (non-hydrogen) atoms. The fourth-order valence-electron chi connectivity index (χ4n) is 8.72. The smallest absolute Gasteiger partial charge is 0.305 e. The highest BCUT2D eigenvalue weighted by Gasteiger charge is 2.69. The molecule has 4 unspecified atom stereocenters. The van der Waals surface area contributed by atoms with Gasteiger partial charge in [-0.25, -0.2) is 0 Å². The van der Waals surface area contributed by atoms with Crippen LogP contribution >= 0.6 is 23.1 Å². The van der Waals surface area contributed by atoms with Crippen LogP contribution in [-0.2, 0) is 14.4 Å². The molecule has 0 radical (unpaired) electrons. The van der Waals surface area contributed by atoms with E-state index in [0.717, 1.165) is 38.2 Å². The van der Waals surface area contributed by atoms with Gasteiger partial charge >= 0.3 is 4.87 Å². The SMILES string of the molecule is Cc1ccc(N2C(=O)C3C(C2=O)[C@@H]2C[C@H]3C3Sc4[nH]c(=O)sc4[C@H](c4ccc(OCC(=O)Nc5ccc6ccccc6c5)cc4)C32)cc1. The van der Waals surface area contributed by atoms with Crippen molar-refractivity contribution in [1.82, 2.24) is 4.98 Å². The molecule has 4 aliphatic rings. The largest absolute Gasteiger partial charge is 0.484 e. The number of aryl methyl sites for hydroxylation is 1. The molecule has 2 aliphatic carbocycles. The van der Waals surface area contributed by atoms with E-state index in [9.17, 15) is 19.2 Å². The topological polar surface area (TPSA) is 109 Å². The fraction of sp³-hybridized carbons (Fsp3) is 0.263. The van der Waals surface area contributed by atoms with Crippen LogP contribution in [0.25, 0.3) is 10.8 Å². The van der Waals surface area contributed by atoms with Gasteiger partial charge in [0.05, 0.1) is 22.5 Å². The summed E-state index contributed by atoms with van der Waals surface area (Å²) in [6.45, 7) is 1.85. The molecule has 240 valence electrons. The monoisotopic (exact) mass is 673 g/mol. The second kappa shape index (κ2) is 11.2. The van der Waals surface area contributed by atoms with Crippen LogP contribution in [0.2, 0.25) is 0 Å². The van der Waals surface area contributed by atoms with Gasteiger partial charge < -0.3 is 15.0 Å². The van der Waals surface area contributed by atoms with Gasteiger partial charge in [0.1, 0.15) is 5.75 Å². The number of carbonyl (C=O) groups is 3. The summed E-state index contributed by atoms with van der Waals surface area (Å²) in [7, 11) is 0. The standard InChI is InChI=1S/C38H31N3O5S2/c1-19-6-12-24(13-7-19)41-36(43)31-26-17-27(32(31)37(41)44)33-30(26)29(34-35(47-33)40-38(45)48-34)21-9-14-25(15-10-21)46-18-28(42)39-23-11-8-20-4-2-3-5-22(20)16-23/h2-16,26-27,29-33H,17-18H2,1H3,(H,39,42)(H,40,45)/t26-,27-,29-,30?,31?,32?,33?/m1/s1. The third-order valence-corrected chi connectivity index (χ3v) is 13.2. The van der Waals surface area contributed by atoms with E-state index in [1.165, 1.54) is 16.2 Å². The van der Waals surface area contributed by atoms with Crippen molar-refractivity contribution in [2.45, 2.75) is 29.5 Å². The quantitative estimate of drug-likeness (QED) is 0.197. The Bertz CT molecular complexity index is 2180. The lowest BCUT2D eigenvalue weighted by molar-refractivity contribution is -0.123. The number of carbonyl (C=O) groups excluding carboxylic acids is 3. The van der Waals surface area contributed by atoms with E-state index >= 15 is 0 Å². The van der Waals surface area contributed by atoms with Gasteiger partial charge in [-0.1, -0.05) is 71.5 Å². The van der Waals surface area contributed by atoms with E-state index in [1.54, 1.807) is 11.8 Å². The summed E-state index contributed by atoms with van der Waals surface area (Å²) in [6, 6.07) is 29.1. The lowest BCUT2D eigenvalue weighted by Crippen LogP contribution is -2.42. The summed E-state index contributed by atoms with van der Waals surface area (Å²) in [5.41, 5.74) is 3.46. The highest BCUT2D eigenvalue weighted by molar-refractivity contribution is 8.00. The van der Waals surface area contributed by atoms with E-state index in [0.29, 0.717) is 17.1 Å². The molecule has 5 aromatic rings. The number of amides is 3. The van der Waals surface area contributed by atoms with Gasteiger partial charge in [0, 0.05) is 21.7 Å². The molecule has 10 heteroatoms. The summed E-state index contributed by atoms with van der Waals surface area (Å²) in [5, 5.41) is 6.05. The minimum absolute atomic E-state index is 0.0366. The van der Waals surface area contributed by atoms with E-state index in [1.807, 2.05) is 97.9 Å². The Hall–Kier alpha value is -4.67. The van der Waals surface area contributed by atoms with Gasteiger partial charge in [0.15, 0.2) is 6.61 Å². The molecule has 9 rings (SSSR count). The molecule has 7 atom stereocenters. The average Bonchev–Trinajstić information content (AvgIpc) is 3.83. The molecule has 2 N–H and O–H groups in total. The Morgan fingerprint density at radius 3 is 2.40 bits per heavy atom. The number of aromatic nitrogens is 1. The van der Waals surface area contributed by atoms with Gasteiger partial charge in [-0.15, -0.1) is 11.8 Å². The van der Waals surface area contributed by atoms with E-state index in [4.69, 9.17) is 4.74 Å². The molecular weight excluding hydrogens is 643 g/mol. The Morgan fingerprint density at radius 2 is 1.62 bits per heavy atom. The molecule has 2 aliphatic heterocycles. The molecule has 3 fully saturated rings. The second-order valence-electron chi connectivity index (χ2n) is 13.3. The van der Waals surface area contributed by atoms with Crippen LogP contribution < -0.4 is 19.8 Å². The molecule has 3 amide bonds. The average molecular weight is 674 g/mol. The zero-order valence-corrected chi connectivity index (χ0v) is 27.6. The van der Waals surface area contributed by atoms with Crippen molar-refractivity contribution in [3.05, 3.63) is 117 Å². The van der Waals surface area contributed by atoms with Crippen molar-refractivity contribution in [2.75, 3.05) is 16.8 Å². The molecule has 1 saturated heterocycles. The van der Waals surface area contributed by atoms with Crippen LogP contribution in [0.3, 0.4) is 0 Å². The Kier molecular flexibility index (Phi) is 6.88. The van der Waals surface area contributed by atoms with E-state index in [2.05, 4.69) is 10.3 Å². The minimum atomic E-state index is -0.353. The summed E-state index contributed by atoms with van der Waals surface area (Å²) in [4.78, 5) is 58.5. The predicted octanol–water partition coefficient (Wildman–Crippen LogP) is 6.59. The highest BCUT2D eigenvalue weighted by Crippen LogP contribution is 2.68. The number of hydrogen-bond donors (Lipinski definition) is 2. The number of nitrogens with zero attached hydrogens (tertiary/aromatic N) is 1. The first-order valence-corrected chi connectivity index (χ1v) is 17.9. The Balaban J connectivity index is 0.955. The third-order valence-electron chi connectivity index (χ3n) is 10.7. The van der Waals surface area contributed by atoms with Crippen molar-refractivity contribution in [1.29, 1.82) is 0 Å². The van der Waals surface area contributed by atoms with Crippen molar-refractivity contribution in [3.63, 3.8) is 0 Å². The van der Waals surface area contributed by atoms with Crippen LogP contribution in [0.5, 0.6) is 5.75 Å². The first-order chi connectivity index (χ1) is 23.3. The summed E-state index contributed by atoms with van der Waals surface area (Å²) < 4.78 is 5.87. The number of hydrogen-bond acceptors (Lipinski definition) is 7. The zero-order chi connectivity index (χ0) is 32.7. The summed E-state index contributed by atoms with van der Waals surface area (Å²) in [6.07, 6.45) is 0.833. The van der Waals surface area contributed by atoms with Gasteiger partial charge in [-0.2, -0.15) is 0 Å². The van der Waals surface area contributed by atoms with Crippen LogP contribution in [0.4, 0.5) is 11.4 Å². The number of ether oxygens (including phenoxy) is 1. The van der Waals surface area contributed by atoms with Crippen LogP contribution in [0, 0.1) is 36.5 Å². The first kappa shape index (κ1) is 29.5. The van der Waals surface area contributed by atoms with Gasteiger partial charge in [-0.3, -0.25) is 24.1 Å². The number of H-pyrrole nitrogens is 1. The van der Waals surface area contributed by atoms with Crippen LogP contribution in [0.1, 0.15) is 28.3 Å². The normalized spacial score (nSPS) is 26.8. The second-order valence-corrected chi connectivity index (χ2v) is 15.5. The minimum Gasteiger partial charge on any atom is -0.484 e. The number of aromatic amines is 1. The molecule has 2 bridgehead atoms. The lowest BCUT2D eigenvalue weighted by atomic mass is 9.68. The number of benzene rings is 4. The summed E-state index contributed by atoms with van der Waals surface area (Å²) in [5.74, 6) is -0.447. The third kappa shape index (κ3) is 4.64. The van der Waals surface area contributed by atoms with Crippen molar-refractivity contribution < 1.29 is 19.1 Å². The molecule has 4 aromatic carbocycles. The Labute approximate surface area is 284 Å². The van der Waals surface area contributed by atoms with Crippen LogP contribution in [-0.4, -0.2) is 34.6 Å². The molecule has 8 nitrogen and oxygen atoms in total. The van der Waals surface area contributed by atoms with E-state index < -0.39 is 0 Å². The number of anilines is 2. The predicted molar refractivity (Wildman–Crippen MR) is 187 cm³/mol. The first-order valence-electron chi connectivity index (χ1n) is 16.2. The molecular formula is C38H31N3O5S2. The van der Waals surface area contributed by atoms with Crippen molar-refractivity contribution in [2.24, 2.45) is 29.6 Å². The maximum Gasteiger partial charge on any atom is 0.305 e. The van der Waals surface area contributed by atoms with Gasteiger partial charge in [-0.05, 0) is 83.8 Å². The fourth-order valence-corrected chi connectivity index (χ4v) is 11.6. The Morgan fingerprint density at radius 1 is 0.896 bits per heavy atom. The van der Waals surface area contributed by atoms with E-state index in [-0.39, 0.29) is 70.0 Å². The number of rotatable bonds is 6. The highest BCUT2D eigenvalue weighted by atomic mass is 32.2. The number of thiazole rings is 1. The van der Waals surface area contributed by atoms with Crippen molar-refractivity contribution in [3.8, 4) is 5.75 Å². The molecule has 0 spiro atoms. The number of fused-ring (bicyclic) bond motifs is 10. The molecule has 1 aromatic heterocycles. The summed E-state index contributed by atoms with van der Waals surface area (Å²) >= 11 is 2.92. The molecule has 3 heterocycles. The zero-order valence-electron chi connectivity index (χ0n) is 25.9. The van der Waals surface area contributed by atoms with Crippen molar-refractivity contribution >= 4 is 63.0 Å². The number of nitrogens with one attached hydrogen (secondary N) is 2. The van der Waals surface area contributed by atoms with Gasteiger partial charge in [0.25, 0.3) is 5.91 Å².